The molecular formula is C22H40ClNS. The summed E-state index contributed by atoms with van der Waals surface area (Å²) in [7, 11) is 0. The Labute approximate surface area is 167 Å². The molecule has 0 fully saturated rings. The van der Waals surface area contributed by atoms with E-state index in [2.05, 4.69) is 43.4 Å². The molecule has 0 unspecified atom stereocenters. The van der Waals surface area contributed by atoms with E-state index >= 15 is 0 Å². The molecule has 1 N–H and O–H groups in total. The van der Waals surface area contributed by atoms with Crippen molar-refractivity contribution < 1.29 is 0 Å². The molecule has 1 aromatic carbocycles. The molecule has 146 valence electrons. The number of hydrogen-bond acceptors (Lipinski definition) is 2. The fourth-order valence-electron chi connectivity index (χ4n) is 2.88. The Kier molecular flexibility index (Phi) is 18.2. The summed E-state index contributed by atoms with van der Waals surface area (Å²) in [6.45, 7) is 5.66. The zero-order valence-electron chi connectivity index (χ0n) is 16.5. The maximum absolute atomic E-state index is 3.55. The topological polar surface area (TPSA) is 12.0 Å². The smallest absolute Gasteiger partial charge is 0.0340 e. The molecule has 0 aliphatic heterocycles. The number of halogens is 1. The number of benzene rings is 1. The van der Waals surface area contributed by atoms with Crippen LogP contribution < -0.4 is 5.32 Å². The Bertz CT molecular complexity index is 343. The van der Waals surface area contributed by atoms with Gasteiger partial charge in [0.2, 0.25) is 0 Å². The Morgan fingerprint density at radius 3 is 1.80 bits per heavy atom. The van der Waals surface area contributed by atoms with Gasteiger partial charge in [-0.25, -0.2) is 0 Å². The predicted octanol–water partition coefficient (Wildman–Crippen LogP) is 8.33. The van der Waals surface area contributed by atoms with Gasteiger partial charge in [0.25, 0.3) is 0 Å². The third-order valence-corrected chi connectivity index (χ3v) is 5.58. The highest BCUT2D eigenvalue weighted by molar-refractivity contribution is 7.99. The van der Waals surface area contributed by atoms with Crippen LogP contribution in [0.25, 0.3) is 0 Å². The molecule has 0 spiro atoms. The van der Waals surface area contributed by atoms with Gasteiger partial charge in [-0.1, -0.05) is 78.1 Å². The van der Waals surface area contributed by atoms with Gasteiger partial charge in [-0.15, -0.1) is 24.2 Å². The molecule has 0 bridgehead atoms. The number of unbranched alkanes of at least 4 members (excludes halogenated alkanes) is 10. The SMILES string of the molecule is CCCCCCCCNc1ccc(SCCCCCCCC)cc1.Cl. The second-order valence-electron chi connectivity index (χ2n) is 6.84. The summed E-state index contributed by atoms with van der Waals surface area (Å²) in [6, 6.07) is 9.01. The number of nitrogens with one attached hydrogen (secondary N) is 1. The molecule has 0 aromatic heterocycles. The fourth-order valence-corrected chi connectivity index (χ4v) is 3.79. The van der Waals surface area contributed by atoms with Crippen LogP contribution in [0.5, 0.6) is 0 Å². The highest BCUT2D eigenvalue weighted by atomic mass is 35.5. The summed E-state index contributed by atoms with van der Waals surface area (Å²) in [5.74, 6) is 1.26. The normalized spacial score (nSPS) is 10.5. The van der Waals surface area contributed by atoms with E-state index in [-0.39, 0.29) is 12.4 Å². The zero-order chi connectivity index (χ0) is 17.3. The van der Waals surface area contributed by atoms with E-state index in [9.17, 15) is 0 Å². The van der Waals surface area contributed by atoms with Crippen LogP contribution in [0.2, 0.25) is 0 Å². The van der Waals surface area contributed by atoms with E-state index in [1.54, 1.807) is 0 Å². The van der Waals surface area contributed by atoms with Crippen molar-refractivity contribution >= 4 is 29.9 Å². The first-order valence-electron chi connectivity index (χ1n) is 10.3. The van der Waals surface area contributed by atoms with E-state index in [0.29, 0.717) is 0 Å². The van der Waals surface area contributed by atoms with Crippen molar-refractivity contribution in [3.8, 4) is 0 Å². The highest BCUT2D eigenvalue weighted by Crippen LogP contribution is 2.22. The van der Waals surface area contributed by atoms with Gasteiger partial charge in [0, 0.05) is 17.1 Å². The van der Waals surface area contributed by atoms with Crippen LogP contribution in [0.3, 0.4) is 0 Å². The lowest BCUT2D eigenvalue weighted by Crippen LogP contribution is -2.01. The van der Waals surface area contributed by atoms with E-state index < -0.39 is 0 Å². The molecular weight excluding hydrogens is 346 g/mol. The van der Waals surface area contributed by atoms with Crippen molar-refractivity contribution in [2.45, 2.75) is 95.8 Å². The zero-order valence-corrected chi connectivity index (χ0v) is 18.2. The minimum absolute atomic E-state index is 0. The molecule has 0 radical (unpaired) electrons. The highest BCUT2D eigenvalue weighted by Gasteiger charge is 1.97. The van der Waals surface area contributed by atoms with Crippen LogP contribution in [0, 0.1) is 0 Å². The van der Waals surface area contributed by atoms with Crippen LogP contribution in [0.4, 0.5) is 5.69 Å². The molecule has 0 aliphatic rings. The van der Waals surface area contributed by atoms with Crippen molar-refractivity contribution in [3.63, 3.8) is 0 Å². The van der Waals surface area contributed by atoms with Crippen LogP contribution in [0.1, 0.15) is 90.9 Å². The second kappa shape index (κ2) is 18.5. The van der Waals surface area contributed by atoms with Crippen molar-refractivity contribution in [1.82, 2.24) is 0 Å². The first kappa shape index (κ1) is 24.7. The molecule has 0 saturated carbocycles. The summed E-state index contributed by atoms with van der Waals surface area (Å²) >= 11 is 2.00. The average molecular weight is 386 g/mol. The van der Waals surface area contributed by atoms with Crippen LogP contribution in [0.15, 0.2) is 29.2 Å². The third-order valence-electron chi connectivity index (χ3n) is 4.48. The Morgan fingerprint density at radius 2 is 1.20 bits per heavy atom. The van der Waals surface area contributed by atoms with Crippen LogP contribution in [-0.2, 0) is 0 Å². The van der Waals surface area contributed by atoms with Crippen molar-refractivity contribution in [2.75, 3.05) is 17.6 Å². The third kappa shape index (κ3) is 14.5. The first-order chi connectivity index (χ1) is 11.9. The molecule has 25 heavy (non-hydrogen) atoms. The summed E-state index contributed by atoms with van der Waals surface area (Å²) in [6.07, 6.45) is 16.5. The van der Waals surface area contributed by atoms with Gasteiger partial charge in [0.15, 0.2) is 0 Å². The summed E-state index contributed by atoms with van der Waals surface area (Å²) in [5, 5.41) is 3.55. The largest absolute Gasteiger partial charge is 0.385 e. The van der Waals surface area contributed by atoms with Gasteiger partial charge in [0.05, 0.1) is 0 Å². The van der Waals surface area contributed by atoms with Gasteiger partial charge in [-0.2, -0.15) is 0 Å². The fraction of sp³-hybridized carbons (Fsp3) is 0.727. The van der Waals surface area contributed by atoms with E-state index in [0.717, 1.165) is 6.54 Å². The average Bonchev–Trinajstić information content (AvgIpc) is 2.61. The van der Waals surface area contributed by atoms with Gasteiger partial charge in [-0.05, 0) is 42.9 Å². The maximum atomic E-state index is 3.55. The first-order valence-corrected chi connectivity index (χ1v) is 11.3. The maximum Gasteiger partial charge on any atom is 0.0340 e. The van der Waals surface area contributed by atoms with Gasteiger partial charge >= 0.3 is 0 Å². The number of anilines is 1. The summed E-state index contributed by atoms with van der Waals surface area (Å²) in [5.41, 5.74) is 1.27. The Morgan fingerprint density at radius 1 is 0.680 bits per heavy atom. The minimum atomic E-state index is 0. The number of rotatable bonds is 16. The van der Waals surface area contributed by atoms with Crippen LogP contribution >= 0.6 is 24.2 Å². The Balaban J connectivity index is 0.00000576. The van der Waals surface area contributed by atoms with Crippen LogP contribution in [-0.4, -0.2) is 12.3 Å². The standard InChI is InChI=1S/C22H39NS.ClH/c1-3-5-7-9-11-13-19-23-21-15-17-22(18-16-21)24-20-14-12-10-8-6-4-2;/h15-18,23H,3-14,19-20H2,1-2H3;1H. The number of thioether (sulfide) groups is 1. The van der Waals surface area contributed by atoms with E-state index in [1.807, 2.05) is 11.8 Å². The van der Waals surface area contributed by atoms with Gasteiger partial charge in [-0.3, -0.25) is 0 Å². The number of hydrogen-bond donors (Lipinski definition) is 1. The van der Waals surface area contributed by atoms with Gasteiger partial charge < -0.3 is 5.32 Å². The lowest BCUT2D eigenvalue weighted by atomic mass is 10.1. The summed E-state index contributed by atoms with van der Waals surface area (Å²) < 4.78 is 0. The lowest BCUT2D eigenvalue weighted by Gasteiger charge is -2.08. The monoisotopic (exact) mass is 385 g/mol. The molecule has 1 aromatic rings. The minimum Gasteiger partial charge on any atom is -0.385 e. The molecule has 0 aliphatic carbocycles. The van der Waals surface area contributed by atoms with Crippen molar-refractivity contribution in [3.05, 3.63) is 24.3 Å². The molecule has 0 saturated heterocycles. The predicted molar refractivity (Wildman–Crippen MR) is 120 cm³/mol. The molecule has 3 heteroatoms. The van der Waals surface area contributed by atoms with Crippen molar-refractivity contribution in [2.24, 2.45) is 0 Å². The molecule has 1 nitrogen and oxygen atoms in total. The van der Waals surface area contributed by atoms with Crippen molar-refractivity contribution in [1.29, 1.82) is 0 Å². The van der Waals surface area contributed by atoms with E-state index in [1.165, 1.54) is 93.4 Å². The second-order valence-corrected chi connectivity index (χ2v) is 8.00. The molecule has 0 amide bonds. The Hall–Kier alpha value is -0.340. The van der Waals surface area contributed by atoms with E-state index in [4.69, 9.17) is 0 Å². The van der Waals surface area contributed by atoms with Gasteiger partial charge in [0.1, 0.15) is 0 Å². The molecule has 0 atom stereocenters. The lowest BCUT2D eigenvalue weighted by molar-refractivity contribution is 0.617. The molecule has 0 heterocycles. The quantitative estimate of drug-likeness (QED) is 0.226. The summed E-state index contributed by atoms with van der Waals surface area (Å²) in [4.78, 5) is 1.41. The molecule has 1 rings (SSSR count).